The summed E-state index contributed by atoms with van der Waals surface area (Å²) in [4.78, 5) is 16.2. The molecule has 1 atom stereocenters. The predicted molar refractivity (Wildman–Crippen MR) is 103 cm³/mol. The van der Waals surface area contributed by atoms with Crippen molar-refractivity contribution in [1.29, 1.82) is 0 Å². The molecule has 4 heteroatoms. The van der Waals surface area contributed by atoms with E-state index in [1.165, 1.54) is 42.7 Å². The van der Waals surface area contributed by atoms with Crippen LogP contribution in [0.1, 0.15) is 58.3 Å². The first-order valence-corrected chi connectivity index (χ1v) is 10.4. The Morgan fingerprint density at radius 1 is 1.17 bits per heavy atom. The van der Waals surface area contributed by atoms with Gasteiger partial charge in [-0.15, -0.1) is 11.8 Å². The number of benzene rings is 1. The van der Waals surface area contributed by atoms with Crippen molar-refractivity contribution in [3.63, 3.8) is 0 Å². The molecule has 1 aromatic carbocycles. The van der Waals surface area contributed by atoms with Crippen molar-refractivity contribution in [1.82, 2.24) is 5.32 Å². The molecule has 1 aliphatic carbocycles. The lowest BCUT2D eigenvalue weighted by Gasteiger charge is -2.35. The van der Waals surface area contributed by atoms with Crippen LogP contribution in [0.15, 0.2) is 29.2 Å². The number of fused-ring (bicyclic) bond motifs is 1. The summed E-state index contributed by atoms with van der Waals surface area (Å²) in [5, 5.41) is 3.89. The van der Waals surface area contributed by atoms with Gasteiger partial charge in [0.1, 0.15) is 0 Å². The standard InChI is InChI=1S/C20H30N2OS/c1-2-17-14-22(18-12-8-9-13-19(18)24-17)15-20(23)21-16-10-6-4-3-5-7-11-16/h8-9,12-13,16-17H,2-7,10-11,14-15H2,1H3,(H,21,23)/t17-/m0/s1. The van der Waals surface area contributed by atoms with E-state index in [0.717, 1.165) is 25.8 Å². The largest absolute Gasteiger partial charge is 0.360 e. The van der Waals surface area contributed by atoms with Crippen LogP contribution in [0.25, 0.3) is 0 Å². The van der Waals surface area contributed by atoms with Crippen molar-refractivity contribution in [3.8, 4) is 0 Å². The fourth-order valence-electron chi connectivity index (χ4n) is 3.79. The summed E-state index contributed by atoms with van der Waals surface area (Å²) in [6.07, 6.45) is 9.95. The summed E-state index contributed by atoms with van der Waals surface area (Å²) >= 11 is 1.96. The van der Waals surface area contributed by atoms with Gasteiger partial charge in [-0.05, 0) is 31.4 Å². The quantitative estimate of drug-likeness (QED) is 0.864. The third-order valence-electron chi connectivity index (χ3n) is 5.18. The Kier molecular flexibility index (Phi) is 6.47. The maximum atomic E-state index is 12.6. The molecule has 0 bridgehead atoms. The summed E-state index contributed by atoms with van der Waals surface area (Å²) in [5.74, 6) is 0.192. The van der Waals surface area contributed by atoms with Gasteiger partial charge in [0.25, 0.3) is 0 Å². The highest BCUT2D eigenvalue weighted by Gasteiger charge is 2.25. The Labute approximate surface area is 150 Å². The summed E-state index contributed by atoms with van der Waals surface area (Å²) in [5.41, 5.74) is 1.22. The normalized spacial score (nSPS) is 22.4. The van der Waals surface area contributed by atoms with Crippen LogP contribution < -0.4 is 10.2 Å². The number of hydrogen-bond acceptors (Lipinski definition) is 3. The average Bonchev–Trinajstić information content (AvgIpc) is 2.57. The number of carbonyl (C=O) groups is 1. The second-order valence-electron chi connectivity index (χ2n) is 7.11. The number of nitrogens with zero attached hydrogens (tertiary/aromatic N) is 1. The molecule has 1 aromatic rings. The van der Waals surface area contributed by atoms with Crippen LogP contribution in [0, 0.1) is 0 Å². The van der Waals surface area contributed by atoms with Crippen molar-refractivity contribution in [3.05, 3.63) is 24.3 Å². The van der Waals surface area contributed by atoms with E-state index in [4.69, 9.17) is 0 Å². The molecule has 0 spiro atoms. The summed E-state index contributed by atoms with van der Waals surface area (Å²) in [7, 11) is 0. The van der Waals surface area contributed by atoms with E-state index in [2.05, 4.69) is 41.4 Å². The molecule has 0 radical (unpaired) electrons. The van der Waals surface area contributed by atoms with E-state index in [1.54, 1.807) is 0 Å². The smallest absolute Gasteiger partial charge is 0.239 e. The lowest BCUT2D eigenvalue weighted by molar-refractivity contribution is -0.120. The summed E-state index contributed by atoms with van der Waals surface area (Å²) in [6, 6.07) is 8.88. The minimum absolute atomic E-state index is 0.192. The molecule has 1 amide bonds. The van der Waals surface area contributed by atoms with Gasteiger partial charge < -0.3 is 10.2 Å². The van der Waals surface area contributed by atoms with E-state index in [9.17, 15) is 4.79 Å². The fraction of sp³-hybridized carbons (Fsp3) is 0.650. The van der Waals surface area contributed by atoms with Crippen LogP contribution in [0.4, 0.5) is 5.69 Å². The number of anilines is 1. The summed E-state index contributed by atoms with van der Waals surface area (Å²) < 4.78 is 0. The van der Waals surface area contributed by atoms with E-state index < -0.39 is 0 Å². The van der Waals surface area contributed by atoms with Gasteiger partial charge in [-0.2, -0.15) is 0 Å². The molecule has 1 aliphatic heterocycles. The maximum absolute atomic E-state index is 12.6. The topological polar surface area (TPSA) is 32.3 Å². The molecule has 0 unspecified atom stereocenters. The zero-order valence-electron chi connectivity index (χ0n) is 14.8. The fourth-order valence-corrected chi connectivity index (χ4v) is 5.04. The molecular formula is C20H30N2OS. The molecule has 24 heavy (non-hydrogen) atoms. The minimum atomic E-state index is 0.192. The van der Waals surface area contributed by atoms with Crippen molar-refractivity contribution in [2.45, 2.75) is 74.5 Å². The van der Waals surface area contributed by atoms with Gasteiger partial charge >= 0.3 is 0 Å². The number of nitrogens with one attached hydrogen (secondary N) is 1. The van der Waals surface area contributed by atoms with Crippen molar-refractivity contribution >= 4 is 23.4 Å². The SMILES string of the molecule is CC[C@H]1CN(CC(=O)NC2CCCCCCC2)c2ccccc2S1. The van der Waals surface area contributed by atoms with E-state index in [-0.39, 0.29) is 5.91 Å². The number of rotatable bonds is 4. The molecule has 1 saturated carbocycles. The molecule has 1 heterocycles. The number of carbonyl (C=O) groups excluding carboxylic acids is 1. The lowest BCUT2D eigenvalue weighted by Crippen LogP contribution is -2.45. The highest BCUT2D eigenvalue weighted by atomic mass is 32.2. The van der Waals surface area contributed by atoms with Gasteiger partial charge in [-0.25, -0.2) is 0 Å². The second kappa shape index (κ2) is 8.80. The number of thioether (sulfide) groups is 1. The Morgan fingerprint density at radius 3 is 2.62 bits per heavy atom. The highest BCUT2D eigenvalue weighted by molar-refractivity contribution is 8.00. The van der Waals surface area contributed by atoms with Crippen LogP contribution in [-0.2, 0) is 4.79 Å². The van der Waals surface area contributed by atoms with Crippen LogP contribution in [0.2, 0.25) is 0 Å². The van der Waals surface area contributed by atoms with E-state index >= 15 is 0 Å². The number of para-hydroxylation sites is 1. The van der Waals surface area contributed by atoms with Crippen LogP contribution >= 0.6 is 11.8 Å². The molecule has 1 fully saturated rings. The van der Waals surface area contributed by atoms with Gasteiger partial charge in [0.05, 0.1) is 12.2 Å². The van der Waals surface area contributed by atoms with Gasteiger partial charge in [0, 0.05) is 22.7 Å². The molecule has 3 rings (SSSR count). The number of amides is 1. The van der Waals surface area contributed by atoms with E-state index in [1.807, 2.05) is 11.8 Å². The maximum Gasteiger partial charge on any atom is 0.239 e. The first-order valence-electron chi connectivity index (χ1n) is 9.56. The molecule has 2 aliphatic rings. The predicted octanol–water partition coefficient (Wildman–Crippen LogP) is 4.61. The monoisotopic (exact) mass is 346 g/mol. The van der Waals surface area contributed by atoms with Crippen LogP contribution in [-0.4, -0.2) is 30.3 Å². The van der Waals surface area contributed by atoms with E-state index in [0.29, 0.717) is 17.8 Å². The second-order valence-corrected chi connectivity index (χ2v) is 8.45. The minimum Gasteiger partial charge on any atom is -0.360 e. The zero-order valence-corrected chi connectivity index (χ0v) is 15.6. The lowest BCUT2D eigenvalue weighted by atomic mass is 9.97. The Morgan fingerprint density at radius 2 is 1.88 bits per heavy atom. The van der Waals surface area contributed by atoms with Crippen molar-refractivity contribution in [2.24, 2.45) is 0 Å². The average molecular weight is 347 g/mol. The van der Waals surface area contributed by atoms with Gasteiger partial charge in [0.15, 0.2) is 0 Å². The molecule has 0 saturated heterocycles. The van der Waals surface area contributed by atoms with Crippen molar-refractivity contribution < 1.29 is 4.79 Å². The molecule has 3 nitrogen and oxygen atoms in total. The van der Waals surface area contributed by atoms with Crippen molar-refractivity contribution in [2.75, 3.05) is 18.0 Å². The van der Waals surface area contributed by atoms with Gasteiger partial charge in [-0.3, -0.25) is 4.79 Å². The third-order valence-corrected chi connectivity index (χ3v) is 6.60. The molecule has 0 aromatic heterocycles. The highest BCUT2D eigenvalue weighted by Crippen LogP contribution is 2.39. The first-order chi connectivity index (χ1) is 11.8. The van der Waals surface area contributed by atoms with Crippen LogP contribution in [0.5, 0.6) is 0 Å². The van der Waals surface area contributed by atoms with Gasteiger partial charge in [-0.1, -0.05) is 51.2 Å². The first kappa shape index (κ1) is 17.7. The van der Waals surface area contributed by atoms with Crippen LogP contribution in [0.3, 0.4) is 0 Å². The Hall–Kier alpha value is -1.16. The Balaban J connectivity index is 1.60. The molecule has 1 N–H and O–H groups in total. The summed E-state index contributed by atoms with van der Waals surface area (Å²) in [6.45, 7) is 3.69. The molecular weight excluding hydrogens is 316 g/mol. The third kappa shape index (κ3) is 4.69. The zero-order chi connectivity index (χ0) is 16.8. The Bertz CT molecular complexity index is 540. The van der Waals surface area contributed by atoms with Gasteiger partial charge in [0.2, 0.25) is 5.91 Å². The molecule has 132 valence electrons. The number of hydrogen-bond donors (Lipinski definition) is 1.